The van der Waals surface area contributed by atoms with E-state index in [0.717, 1.165) is 77.0 Å². The highest BCUT2D eigenvalue weighted by Crippen LogP contribution is 2.26. The van der Waals surface area contributed by atoms with Crippen molar-refractivity contribution >= 4 is 11.9 Å². The number of amides is 1. The number of ether oxygens (including phenoxy) is 3. The molecule has 0 aromatic carbocycles. The summed E-state index contributed by atoms with van der Waals surface area (Å²) in [5, 5.41) is 56.9. The van der Waals surface area contributed by atoms with Gasteiger partial charge in [0.15, 0.2) is 12.4 Å². The van der Waals surface area contributed by atoms with Crippen molar-refractivity contribution in [2.45, 2.75) is 320 Å². The van der Waals surface area contributed by atoms with Gasteiger partial charge in [0, 0.05) is 6.42 Å². The Bertz CT molecular complexity index is 1370. The summed E-state index contributed by atoms with van der Waals surface area (Å²) in [6, 6.07) is -1.03. The van der Waals surface area contributed by atoms with Crippen LogP contribution in [0.1, 0.15) is 271 Å². The molecule has 11 nitrogen and oxygen atoms in total. The van der Waals surface area contributed by atoms with Crippen molar-refractivity contribution < 1.29 is 49.3 Å². The molecule has 0 aliphatic carbocycles. The molecule has 1 saturated heterocycles. The summed E-state index contributed by atoms with van der Waals surface area (Å²) < 4.78 is 17.6. The molecule has 1 heterocycles. The van der Waals surface area contributed by atoms with Crippen LogP contribution in [0.2, 0.25) is 0 Å². The molecule has 0 aromatic rings. The van der Waals surface area contributed by atoms with Gasteiger partial charge >= 0.3 is 5.97 Å². The Morgan fingerprint density at radius 3 is 1.44 bits per heavy atom. The number of aliphatic hydroxyl groups excluding tert-OH is 5. The van der Waals surface area contributed by atoms with E-state index in [-0.39, 0.29) is 19.4 Å². The van der Waals surface area contributed by atoms with E-state index in [1.807, 2.05) is 6.08 Å². The van der Waals surface area contributed by atoms with Gasteiger partial charge in [-0.3, -0.25) is 9.59 Å². The summed E-state index contributed by atoms with van der Waals surface area (Å²) in [5.41, 5.74) is 0. The van der Waals surface area contributed by atoms with E-state index >= 15 is 0 Å². The Balaban J connectivity index is 2.73. The van der Waals surface area contributed by atoms with Crippen molar-refractivity contribution in [1.82, 2.24) is 5.32 Å². The lowest BCUT2D eigenvalue weighted by molar-refractivity contribution is -0.305. The molecule has 1 fully saturated rings. The molecule has 0 aromatic heterocycles. The zero-order chi connectivity index (χ0) is 53.3. The average molecular weight is 1030 g/mol. The number of unbranched alkanes of at least 4 members (excludes halogenated alkanes) is 31. The minimum absolute atomic E-state index is 0.124. The van der Waals surface area contributed by atoms with Crippen LogP contribution in [0.15, 0.2) is 48.6 Å². The molecule has 0 radical (unpaired) electrons. The number of carbonyl (C=O) groups is 2. The molecule has 1 rings (SSSR count). The van der Waals surface area contributed by atoms with Crippen molar-refractivity contribution in [2.75, 3.05) is 13.2 Å². The number of allylic oxidation sites excluding steroid dienone is 7. The van der Waals surface area contributed by atoms with Crippen LogP contribution in [0.5, 0.6) is 0 Å². The zero-order valence-electron chi connectivity index (χ0n) is 47.0. The fraction of sp³-hybridized carbons (Fsp3) is 0.839. The van der Waals surface area contributed by atoms with Crippen molar-refractivity contribution in [2.24, 2.45) is 0 Å². The minimum atomic E-state index is -1.61. The molecule has 1 aliphatic rings. The molecular weight excluding hydrogens is 919 g/mol. The van der Waals surface area contributed by atoms with Gasteiger partial charge in [-0.05, 0) is 64.2 Å². The predicted octanol–water partition coefficient (Wildman–Crippen LogP) is 14.1. The second-order valence-corrected chi connectivity index (χ2v) is 21.1. The van der Waals surface area contributed by atoms with Gasteiger partial charge in [-0.2, -0.15) is 0 Å². The molecule has 0 bridgehead atoms. The fourth-order valence-electron chi connectivity index (χ4n) is 9.36. The molecule has 1 amide bonds. The van der Waals surface area contributed by atoms with Crippen LogP contribution in [0, 0.1) is 0 Å². The number of hydrogen-bond acceptors (Lipinski definition) is 10. The van der Waals surface area contributed by atoms with Crippen molar-refractivity contribution in [3.63, 3.8) is 0 Å². The van der Waals surface area contributed by atoms with Crippen molar-refractivity contribution in [3.05, 3.63) is 48.6 Å². The number of aliphatic hydroxyl groups is 5. The summed E-state index contributed by atoms with van der Waals surface area (Å²) >= 11 is 0. The SMILES string of the molecule is CCCCC/C=C\C/C=C\C/C=C\CCCCCC(O)C(=O)NC(COC1OC(CO)C(O)C(O)C1OC(=O)CCCCCCCCCCCCCCCCC)C(O)/C=C/CCCCCCCCCCCCC. The molecule has 8 atom stereocenters. The summed E-state index contributed by atoms with van der Waals surface area (Å²) in [6.07, 6.45) is 50.0. The zero-order valence-corrected chi connectivity index (χ0v) is 47.0. The molecule has 0 saturated carbocycles. The summed E-state index contributed by atoms with van der Waals surface area (Å²) in [4.78, 5) is 26.5. The van der Waals surface area contributed by atoms with E-state index in [0.29, 0.717) is 12.8 Å². The summed E-state index contributed by atoms with van der Waals surface area (Å²) in [7, 11) is 0. The number of carbonyl (C=O) groups excluding carboxylic acids is 2. The maximum atomic E-state index is 13.4. The van der Waals surface area contributed by atoms with Gasteiger partial charge in [-0.1, -0.05) is 249 Å². The molecule has 11 heteroatoms. The van der Waals surface area contributed by atoms with Crippen LogP contribution in [0.4, 0.5) is 0 Å². The van der Waals surface area contributed by atoms with Gasteiger partial charge in [0.2, 0.25) is 5.91 Å². The van der Waals surface area contributed by atoms with Gasteiger partial charge in [0.25, 0.3) is 0 Å². The first-order valence-electron chi connectivity index (χ1n) is 30.4. The number of nitrogens with one attached hydrogen (secondary N) is 1. The van der Waals surface area contributed by atoms with Crippen LogP contribution >= 0.6 is 0 Å². The fourth-order valence-corrected chi connectivity index (χ4v) is 9.36. The smallest absolute Gasteiger partial charge is 0.306 e. The lowest BCUT2D eigenvalue weighted by Crippen LogP contribution is -2.61. The highest BCUT2D eigenvalue weighted by molar-refractivity contribution is 5.80. The third-order valence-corrected chi connectivity index (χ3v) is 14.2. The number of esters is 1. The first-order chi connectivity index (χ1) is 35.7. The standard InChI is InChI=1S/C62H113NO10/c1-4-7-10-13-16-19-22-25-27-29-31-34-37-40-43-46-49-55(66)61(70)63-53(54(65)48-45-42-39-36-33-30-24-21-18-15-12-9-6-3)52-71-62-60(59(69)58(68)56(51-64)72-62)73-57(67)50-47-44-41-38-35-32-28-26-23-20-17-14-11-8-5-2/h16,19,25,27,31,34,45,48,53-56,58-60,62,64-66,68-69H,4-15,17-18,20-24,26,28-30,32-33,35-44,46-47,49-52H2,1-3H3,(H,63,70)/b19-16-,27-25-,34-31-,48-45+. The monoisotopic (exact) mass is 1030 g/mol. The van der Waals surface area contributed by atoms with E-state index in [2.05, 4.69) is 62.5 Å². The quantitative estimate of drug-likeness (QED) is 0.0195. The minimum Gasteiger partial charge on any atom is -0.454 e. The first-order valence-corrected chi connectivity index (χ1v) is 30.4. The largest absolute Gasteiger partial charge is 0.454 e. The highest BCUT2D eigenvalue weighted by atomic mass is 16.7. The topological polar surface area (TPSA) is 175 Å². The number of rotatable bonds is 51. The van der Waals surface area contributed by atoms with Gasteiger partial charge in [0.05, 0.1) is 25.4 Å². The van der Waals surface area contributed by atoms with E-state index in [9.17, 15) is 35.1 Å². The third kappa shape index (κ3) is 38.8. The van der Waals surface area contributed by atoms with E-state index in [4.69, 9.17) is 14.2 Å². The first kappa shape index (κ1) is 68.6. The normalized spacial score (nSPS) is 19.7. The summed E-state index contributed by atoms with van der Waals surface area (Å²) in [6.45, 7) is 5.76. The lowest BCUT2D eigenvalue weighted by atomic mass is 9.99. The molecule has 0 spiro atoms. The van der Waals surface area contributed by atoms with Crippen molar-refractivity contribution in [3.8, 4) is 0 Å². The number of hydrogen-bond donors (Lipinski definition) is 6. The molecule has 6 N–H and O–H groups in total. The van der Waals surface area contributed by atoms with Crippen LogP contribution < -0.4 is 5.32 Å². The molecule has 1 aliphatic heterocycles. The van der Waals surface area contributed by atoms with E-state index in [1.165, 1.54) is 148 Å². The Morgan fingerprint density at radius 2 is 0.945 bits per heavy atom. The third-order valence-electron chi connectivity index (χ3n) is 14.2. The second kappa shape index (κ2) is 50.4. The van der Waals surface area contributed by atoms with Crippen LogP contribution in [0.3, 0.4) is 0 Å². The second-order valence-electron chi connectivity index (χ2n) is 21.1. The van der Waals surface area contributed by atoms with Crippen LogP contribution in [-0.2, 0) is 23.8 Å². The highest BCUT2D eigenvalue weighted by Gasteiger charge is 2.47. The molecule has 73 heavy (non-hydrogen) atoms. The van der Waals surface area contributed by atoms with Gasteiger partial charge in [-0.15, -0.1) is 0 Å². The van der Waals surface area contributed by atoms with E-state index in [1.54, 1.807) is 6.08 Å². The van der Waals surface area contributed by atoms with Crippen LogP contribution in [0.25, 0.3) is 0 Å². The van der Waals surface area contributed by atoms with Crippen LogP contribution in [-0.4, -0.2) is 99.6 Å². The van der Waals surface area contributed by atoms with E-state index < -0.39 is 67.4 Å². The lowest BCUT2D eigenvalue weighted by Gasteiger charge is -2.41. The maximum absolute atomic E-state index is 13.4. The maximum Gasteiger partial charge on any atom is 0.306 e. The van der Waals surface area contributed by atoms with Crippen molar-refractivity contribution in [1.29, 1.82) is 0 Å². The molecular formula is C62H113NO10. The Morgan fingerprint density at radius 1 is 0.534 bits per heavy atom. The predicted molar refractivity (Wildman–Crippen MR) is 301 cm³/mol. The average Bonchev–Trinajstić information content (AvgIpc) is 3.39. The Hall–Kier alpha value is -2.38. The van der Waals surface area contributed by atoms with Gasteiger partial charge in [-0.25, -0.2) is 0 Å². The molecule has 426 valence electrons. The van der Waals surface area contributed by atoms with Gasteiger partial charge < -0.3 is 45.1 Å². The Labute approximate surface area is 446 Å². The molecule has 8 unspecified atom stereocenters. The Kier molecular flexibility index (Phi) is 47.4. The van der Waals surface area contributed by atoms with Gasteiger partial charge in [0.1, 0.15) is 24.4 Å². The summed E-state index contributed by atoms with van der Waals surface area (Å²) in [5.74, 6) is -1.21.